The first-order valence-corrected chi connectivity index (χ1v) is 10.3. The zero-order chi connectivity index (χ0) is 20.8. The molecule has 2 amide bonds. The number of likely N-dealkylation sites (tertiary alicyclic amines) is 1. The zero-order valence-electron chi connectivity index (χ0n) is 16.8. The van der Waals surface area contributed by atoms with Crippen LogP contribution >= 0.6 is 0 Å². The lowest BCUT2D eigenvalue weighted by atomic mass is 10.1. The third kappa shape index (κ3) is 4.93. The van der Waals surface area contributed by atoms with Gasteiger partial charge in [0.05, 0.1) is 10.9 Å². The first-order chi connectivity index (χ1) is 14.0. The molecule has 0 radical (unpaired) electrons. The normalized spacial score (nSPS) is 14.0. The van der Waals surface area contributed by atoms with Crippen LogP contribution in [-0.2, 0) is 11.3 Å². The zero-order valence-corrected chi connectivity index (χ0v) is 16.8. The minimum absolute atomic E-state index is 0.176. The van der Waals surface area contributed by atoms with Crippen molar-refractivity contribution in [3.05, 3.63) is 44.6 Å². The topological polar surface area (TPSA) is 104 Å². The highest BCUT2D eigenvalue weighted by Gasteiger charge is 2.19. The van der Waals surface area contributed by atoms with Crippen LogP contribution in [0.3, 0.4) is 0 Å². The van der Waals surface area contributed by atoms with E-state index in [0.29, 0.717) is 48.9 Å². The number of nitrogens with zero attached hydrogens (tertiary/aromatic N) is 2. The van der Waals surface area contributed by atoms with Crippen LogP contribution in [0.4, 0.5) is 0 Å². The maximum absolute atomic E-state index is 12.6. The molecule has 1 aromatic heterocycles. The van der Waals surface area contributed by atoms with Gasteiger partial charge in [0.25, 0.3) is 11.5 Å². The summed E-state index contributed by atoms with van der Waals surface area (Å²) in [6.07, 6.45) is 4.93. The lowest BCUT2D eigenvalue weighted by molar-refractivity contribution is -0.127. The van der Waals surface area contributed by atoms with Crippen LogP contribution in [0, 0.1) is 0 Å². The minimum atomic E-state index is -0.452. The lowest BCUT2D eigenvalue weighted by Gasteiger charge is -2.15. The molecule has 2 heterocycles. The van der Waals surface area contributed by atoms with Gasteiger partial charge in [0.15, 0.2) is 0 Å². The predicted octanol–water partition coefficient (Wildman–Crippen LogP) is 1.62. The van der Waals surface area contributed by atoms with Gasteiger partial charge >= 0.3 is 5.69 Å². The number of aromatic amines is 1. The quantitative estimate of drug-likeness (QED) is 0.624. The maximum Gasteiger partial charge on any atom is 0.328 e. The van der Waals surface area contributed by atoms with Crippen LogP contribution in [0.1, 0.15) is 55.8 Å². The Morgan fingerprint density at radius 2 is 1.97 bits per heavy atom. The summed E-state index contributed by atoms with van der Waals surface area (Å²) in [7, 11) is 0. The molecule has 1 aliphatic rings. The van der Waals surface area contributed by atoms with Crippen LogP contribution in [0.2, 0.25) is 0 Å². The van der Waals surface area contributed by atoms with E-state index in [9.17, 15) is 19.2 Å². The Labute approximate surface area is 168 Å². The van der Waals surface area contributed by atoms with Gasteiger partial charge in [-0.3, -0.25) is 19.0 Å². The number of carbonyl (C=O) groups is 2. The minimum Gasteiger partial charge on any atom is -0.352 e. The second kappa shape index (κ2) is 9.54. The van der Waals surface area contributed by atoms with Gasteiger partial charge in [0.1, 0.15) is 0 Å². The van der Waals surface area contributed by atoms with Crippen molar-refractivity contribution >= 4 is 22.7 Å². The van der Waals surface area contributed by atoms with Gasteiger partial charge < -0.3 is 15.2 Å². The summed E-state index contributed by atoms with van der Waals surface area (Å²) in [6, 6.07) is 4.72. The van der Waals surface area contributed by atoms with Gasteiger partial charge in [-0.05, 0) is 37.5 Å². The number of aromatic nitrogens is 2. The molecule has 1 fully saturated rings. The number of nitrogens with one attached hydrogen (secondary N) is 2. The standard InChI is InChI=1S/C21H28N4O4/c1-2-3-4-13-25-20(28)16-9-8-15(14-17(16)23-21(25)29)19(27)22-10-6-12-24-11-5-7-18(24)26/h8-9,14H,2-7,10-13H2,1H3,(H,22,27)(H,23,29). The molecule has 0 saturated carbocycles. The number of H-pyrrole nitrogens is 1. The van der Waals surface area contributed by atoms with E-state index in [4.69, 9.17) is 0 Å². The molecule has 2 N–H and O–H groups in total. The summed E-state index contributed by atoms with van der Waals surface area (Å²) in [5, 5.41) is 3.22. The first-order valence-electron chi connectivity index (χ1n) is 10.3. The van der Waals surface area contributed by atoms with Crippen molar-refractivity contribution in [3.8, 4) is 0 Å². The van der Waals surface area contributed by atoms with Crippen LogP contribution in [0.25, 0.3) is 10.9 Å². The molecule has 8 heteroatoms. The molecule has 1 saturated heterocycles. The number of unbranched alkanes of at least 4 members (excludes halogenated alkanes) is 2. The van der Waals surface area contributed by atoms with Crippen LogP contribution in [-0.4, -0.2) is 45.9 Å². The van der Waals surface area contributed by atoms with E-state index >= 15 is 0 Å². The molecule has 1 aliphatic heterocycles. The molecule has 0 unspecified atom stereocenters. The summed E-state index contributed by atoms with van der Waals surface area (Å²) in [4.78, 5) is 53.4. The maximum atomic E-state index is 12.6. The number of hydrogen-bond donors (Lipinski definition) is 2. The number of rotatable bonds is 9. The largest absolute Gasteiger partial charge is 0.352 e. The van der Waals surface area contributed by atoms with Crippen LogP contribution in [0.15, 0.2) is 27.8 Å². The summed E-state index contributed by atoms with van der Waals surface area (Å²) >= 11 is 0. The number of benzene rings is 1. The molecule has 0 atom stereocenters. The van der Waals surface area contributed by atoms with Crippen molar-refractivity contribution in [1.82, 2.24) is 19.8 Å². The Balaban J connectivity index is 1.64. The first kappa shape index (κ1) is 20.8. The van der Waals surface area contributed by atoms with E-state index in [-0.39, 0.29) is 17.4 Å². The average Bonchev–Trinajstić information content (AvgIpc) is 3.12. The SMILES string of the molecule is CCCCCn1c(=O)[nH]c2cc(C(=O)NCCCN3CCCC3=O)ccc2c1=O. The monoisotopic (exact) mass is 400 g/mol. The van der Waals surface area contributed by atoms with Crippen LogP contribution in [0.5, 0.6) is 0 Å². The van der Waals surface area contributed by atoms with Crippen molar-refractivity contribution in [3.63, 3.8) is 0 Å². The third-order valence-corrected chi connectivity index (χ3v) is 5.29. The van der Waals surface area contributed by atoms with E-state index in [2.05, 4.69) is 17.2 Å². The molecule has 29 heavy (non-hydrogen) atoms. The van der Waals surface area contributed by atoms with E-state index in [1.165, 1.54) is 10.6 Å². The van der Waals surface area contributed by atoms with Gasteiger partial charge in [0.2, 0.25) is 5.91 Å². The molecule has 2 aromatic rings. The number of fused-ring (bicyclic) bond motifs is 1. The van der Waals surface area contributed by atoms with Crippen molar-refractivity contribution in [1.29, 1.82) is 0 Å². The van der Waals surface area contributed by atoms with Gasteiger partial charge in [-0.25, -0.2) is 4.79 Å². The molecule has 0 bridgehead atoms. The Morgan fingerprint density at radius 1 is 1.14 bits per heavy atom. The molecule has 0 spiro atoms. The second-order valence-corrected chi connectivity index (χ2v) is 7.45. The van der Waals surface area contributed by atoms with Crippen LogP contribution < -0.4 is 16.6 Å². The van der Waals surface area contributed by atoms with E-state index in [0.717, 1.165) is 32.2 Å². The highest BCUT2D eigenvalue weighted by atomic mass is 16.2. The summed E-state index contributed by atoms with van der Waals surface area (Å²) in [5.41, 5.74) is -0.0379. The van der Waals surface area contributed by atoms with Crippen molar-refractivity contribution in [2.75, 3.05) is 19.6 Å². The fourth-order valence-corrected chi connectivity index (χ4v) is 3.63. The predicted molar refractivity (Wildman–Crippen MR) is 111 cm³/mol. The smallest absolute Gasteiger partial charge is 0.328 e. The number of hydrogen-bond acceptors (Lipinski definition) is 4. The Hall–Kier alpha value is -2.90. The highest BCUT2D eigenvalue weighted by molar-refractivity contribution is 5.97. The highest BCUT2D eigenvalue weighted by Crippen LogP contribution is 2.11. The van der Waals surface area contributed by atoms with Gasteiger partial charge in [0, 0.05) is 38.2 Å². The molecule has 156 valence electrons. The number of carbonyl (C=O) groups excluding carboxylic acids is 2. The Kier molecular flexibility index (Phi) is 6.85. The van der Waals surface area contributed by atoms with Crippen molar-refractivity contribution in [2.24, 2.45) is 0 Å². The molecular formula is C21H28N4O4. The molecule has 8 nitrogen and oxygen atoms in total. The molecular weight excluding hydrogens is 372 g/mol. The molecule has 3 rings (SSSR count). The summed E-state index contributed by atoms with van der Waals surface area (Å²) in [6.45, 7) is 4.34. The Morgan fingerprint density at radius 3 is 2.69 bits per heavy atom. The second-order valence-electron chi connectivity index (χ2n) is 7.45. The number of amides is 2. The van der Waals surface area contributed by atoms with Gasteiger partial charge in [-0.2, -0.15) is 0 Å². The van der Waals surface area contributed by atoms with E-state index < -0.39 is 5.69 Å². The summed E-state index contributed by atoms with van der Waals surface area (Å²) < 4.78 is 1.22. The third-order valence-electron chi connectivity index (χ3n) is 5.29. The lowest BCUT2D eigenvalue weighted by Crippen LogP contribution is -2.35. The van der Waals surface area contributed by atoms with Gasteiger partial charge in [-0.15, -0.1) is 0 Å². The molecule has 1 aromatic carbocycles. The van der Waals surface area contributed by atoms with Crippen molar-refractivity contribution in [2.45, 2.75) is 52.0 Å². The Bertz CT molecular complexity index is 1010. The molecule has 0 aliphatic carbocycles. The van der Waals surface area contributed by atoms with E-state index in [1.54, 1.807) is 12.1 Å². The van der Waals surface area contributed by atoms with Crippen molar-refractivity contribution < 1.29 is 9.59 Å². The van der Waals surface area contributed by atoms with E-state index in [1.807, 2.05) is 4.90 Å². The fourth-order valence-electron chi connectivity index (χ4n) is 3.63. The summed E-state index contributed by atoms with van der Waals surface area (Å²) in [5.74, 6) is -0.0946. The van der Waals surface area contributed by atoms with Gasteiger partial charge in [-0.1, -0.05) is 19.8 Å². The average molecular weight is 400 g/mol. The fraction of sp³-hybridized carbons (Fsp3) is 0.524.